The number of hydrogen-bond donors (Lipinski definition) is 0. The Bertz CT molecular complexity index is 427. The third kappa shape index (κ3) is 4.02. The van der Waals surface area contributed by atoms with Crippen molar-refractivity contribution >= 4 is 17.3 Å². The first-order valence-corrected chi connectivity index (χ1v) is 4.53. The fourth-order valence-electron chi connectivity index (χ4n) is 0.865. The van der Waals surface area contributed by atoms with Crippen LogP contribution in [0.3, 0.4) is 0 Å². The molecule has 94 valence electrons. The van der Waals surface area contributed by atoms with Crippen LogP contribution >= 0.6 is 11.6 Å². The van der Waals surface area contributed by atoms with Crippen molar-refractivity contribution in [3.63, 3.8) is 0 Å². The van der Waals surface area contributed by atoms with Crippen LogP contribution in [0, 0.1) is 10.1 Å². The molecule has 1 aromatic rings. The molecule has 0 radical (unpaired) electrons. The molecule has 1 rings (SSSR count). The standard InChI is InChI=1S/C7H5ClF3N3O3/c8-5-4(14(15)16)6(13-3-12-5)17-2-1-7(9,10)11/h3H,1-2H2. The maximum Gasteiger partial charge on any atom is 0.392 e. The Morgan fingerprint density at radius 3 is 2.65 bits per heavy atom. The van der Waals surface area contributed by atoms with E-state index in [-0.39, 0.29) is 0 Å². The zero-order valence-electron chi connectivity index (χ0n) is 8.07. The van der Waals surface area contributed by atoms with E-state index in [4.69, 9.17) is 11.6 Å². The summed E-state index contributed by atoms with van der Waals surface area (Å²) in [5.41, 5.74) is -0.753. The Morgan fingerprint density at radius 2 is 2.12 bits per heavy atom. The molecule has 17 heavy (non-hydrogen) atoms. The maximum atomic E-state index is 11.8. The summed E-state index contributed by atoms with van der Waals surface area (Å²) in [4.78, 5) is 16.3. The molecule has 6 nitrogen and oxygen atoms in total. The van der Waals surface area contributed by atoms with Gasteiger partial charge in [0.25, 0.3) is 5.88 Å². The summed E-state index contributed by atoms with van der Waals surface area (Å²) in [7, 11) is 0. The maximum absolute atomic E-state index is 11.8. The van der Waals surface area contributed by atoms with E-state index in [0.29, 0.717) is 0 Å². The summed E-state index contributed by atoms with van der Waals surface area (Å²) >= 11 is 5.40. The van der Waals surface area contributed by atoms with Crippen molar-refractivity contribution < 1.29 is 22.8 Å². The van der Waals surface area contributed by atoms with E-state index in [1.54, 1.807) is 0 Å². The van der Waals surface area contributed by atoms with Gasteiger partial charge in [-0.1, -0.05) is 11.6 Å². The summed E-state index contributed by atoms with van der Waals surface area (Å²) in [5, 5.41) is 10.0. The van der Waals surface area contributed by atoms with E-state index in [1.165, 1.54) is 0 Å². The quantitative estimate of drug-likeness (QED) is 0.477. The van der Waals surface area contributed by atoms with Crippen LogP contribution in [0.25, 0.3) is 0 Å². The molecule has 10 heteroatoms. The second-order valence-corrected chi connectivity index (χ2v) is 3.15. The molecular weight excluding hydrogens is 267 g/mol. The third-order valence-corrected chi connectivity index (χ3v) is 1.83. The van der Waals surface area contributed by atoms with E-state index in [1.807, 2.05) is 0 Å². The van der Waals surface area contributed by atoms with Crippen LogP contribution in [-0.2, 0) is 0 Å². The SMILES string of the molecule is O=[N+]([O-])c1c(Cl)ncnc1OCCC(F)(F)F. The first-order chi connectivity index (χ1) is 7.81. The van der Waals surface area contributed by atoms with E-state index < -0.39 is 40.8 Å². The summed E-state index contributed by atoms with van der Waals surface area (Å²) in [5.74, 6) is -0.584. The fourth-order valence-corrected chi connectivity index (χ4v) is 1.06. The van der Waals surface area contributed by atoms with Gasteiger partial charge in [0.05, 0.1) is 18.0 Å². The Kier molecular flexibility index (Phi) is 4.05. The van der Waals surface area contributed by atoms with Crippen molar-refractivity contribution in [3.8, 4) is 5.88 Å². The summed E-state index contributed by atoms with van der Waals surface area (Å²) in [6.45, 7) is -0.780. The van der Waals surface area contributed by atoms with E-state index in [2.05, 4.69) is 14.7 Å². The largest absolute Gasteiger partial charge is 0.472 e. The van der Waals surface area contributed by atoms with E-state index in [9.17, 15) is 23.3 Å². The molecule has 0 N–H and O–H groups in total. The van der Waals surface area contributed by atoms with Crippen LogP contribution in [0.15, 0.2) is 6.33 Å². The average Bonchev–Trinajstić information content (AvgIpc) is 2.14. The van der Waals surface area contributed by atoms with Crippen molar-refractivity contribution in [1.29, 1.82) is 0 Å². The highest BCUT2D eigenvalue weighted by Gasteiger charge is 2.28. The molecule has 0 aliphatic rings. The zero-order valence-corrected chi connectivity index (χ0v) is 8.83. The van der Waals surface area contributed by atoms with Gasteiger partial charge in [0.15, 0.2) is 0 Å². The fraction of sp³-hybridized carbons (Fsp3) is 0.429. The summed E-state index contributed by atoms with van der Waals surface area (Å²) in [6.07, 6.45) is -4.80. The predicted molar refractivity (Wildman–Crippen MR) is 49.9 cm³/mol. The number of nitro groups is 1. The molecule has 1 aromatic heterocycles. The van der Waals surface area contributed by atoms with Crippen molar-refractivity contribution in [2.75, 3.05) is 6.61 Å². The Labute approximate surface area is 97.5 Å². The van der Waals surface area contributed by atoms with Crippen molar-refractivity contribution in [2.45, 2.75) is 12.6 Å². The number of aromatic nitrogens is 2. The second-order valence-electron chi connectivity index (χ2n) is 2.79. The van der Waals surface area contributed by atoms with Crippen LogP contribution in [-0.4, -0.2) is 27.7 Å². The van der Waals surface area contributed by atoms with Gasteiger partial charge in [-0.05, 0) is 0 Å². The summed E-state index contributed by atoms with van der Waals surface area (Å²) < 4.78 is 40.0. The summed E-state index contributed by atoms with van der Waals surface area (Å²) in [6, 6.07) is 0. The van der Waals surface area contributed by atoms with E-state index in [0.717, 1.165) is 6.33 Å². The highest BCUT2D eigenvalue weighted by atomic mass is 35.5. The smallest absolute Gasteiger partial charge is 0.392 e. The normalized spacial score (nSPS) is 11.3. The molecular formula is C7H5ClF3N3O3. The molecule has 0 aliphatic carbocycles. The second kappa shape index (κ2) is 5.13. The van der Waals surface area contributed by atoms with Gasteiger partial charge in [-0.15, -0.1) is 0 Å². The van der Waals surface area contributed by atoms with Crippen LogP contribution in [0.2, 0.25) is 5.15 Å². The highest BCUT2D eigenvalue weighted by molar-refractivity contribution is 6.31. The lowest BCUT2D eigenvalue weighted by Crippen LogP contribution is -2.14. The lowest BCUT2D eigenvalue weighted by atomic mass is 10.4. The van der Waals surface area contributed by atoms with Gasteiger partial charge in [0, 0.05) is 0 Å². The first kappa shape index (κ1) is 13.4. The topological polar surface area (TPSA) is 78.2 Å². The van der Waals surface area contributed by atoms with Crippen molar-refractivity contribution in [3.05, 3.63) is 21.6 Å². The number of hydrogen-bond acceptors (Lipinski definition) is 5. The molecule has 0 unspecified atom stereocenters. The van der Waals surface area contributed by atoms with Gasteiger partial charge in [-0.3, -0.25) is 10.1 Å². The number of rotatable bonds is 4. The Balaban J connectivity index is 2.78. The first-order valence-electron chi connectivity index (χ1n) is 4.15. The predicted octanol–water partition coefficient (Wildman–Crippen LogP) is 2.37. The van der Waals surface area contributed by atoms with Crippen molar-refractivity contribution in [1.82, 2.24) is 9.97 Å². The molecule has 0 saturated carbocycles. The minimum absolute atomic E-state index is 0.494. The molecule has 0 saturated heterocycles. The zero-order chi connectivity index (χ0) is 13.1. The van der Waals surface area contributed by atoms with E-state index >= 15 is 0 Å². The van der Waals surface area contributed by atoms with Crippen LogP contribution in [0.5, 0.6) is 5.88 Å². The lowest BCUT2D eigenvalue weighted by Gasteiger charge is -2.07. The van der Waals surface area contributed by atoms with Crippen LogP contribution in [0.1, 0.15) is 6.42 Å². The minimum Gasteiger partial charge on any atom is -0.472 e. The number of halogens is 4. The molecule has 0 aliphatic heterocycles. The third-order valence-electron chi connectivity index (χ3n) is 1.55. The number of ether oxygens (including phenoxy) is 1. The van der Waals surface area contributed by atoms with Crippen LogP contribution < -0.4 is 4.74 Å². The van der Waals surface area contributed by atoms with Gasteiger partial charge in [-0.25, -0.2) is 4.98 Å². The molecule has 0 fully saturated rings. The molecule has 0 atom stereocenters. The van der Waals surface area contributed by atoms with Gasteiger partial charge >= 0.3 is 11.9 Å². The minimum atomic E-state index is -4.41. The number of nitrogens with zero attached hydrogens (tertiary/aromatic N) is 3. The molecule has 0 bridgehead atoms. The lowest BCUT2D eigenvalue weighted by molar-refractivity contribution is -0.386. The van der Waals surface area contributed by atoms with Crippen LogP contribution in [0.4, 0.5) is 18.9 Å². The number of alkyl halides is 3. The molecule has 0 spiro atoms. The van der Waals surface area contributed by atoms with Gasteiger partial charge in [-0.2, -0.15) is 18.2 Å². The Hall–Kier alpha value is -1.64. The average molecular weight is 272 g/mol. The van der Waals surface area contributed by atoms with Gasteiger partial charge < -0.3 is 4.74 Å². The molecule has 1 heterocycles. The molecule has 0 amide bonds. The molecule has 0 aromatic carbocycles. The van der Waals surface area contributed by atoms with Crippen molar-refractivity contribution in [2.24, 2.45) is 0 Å². The monoisotopic (exact) mass is 271 g/mol. The van der Waals surface area contributed by atoms with Gasteiger partial charge in [0.1, 0.15) is 6.33 Å². The Morgan fingerprint density at radius 1 is 1.47 bits per heavy atom. The highest BCUT2D eigenvalue weighted by Crippen LogP contribution is 2.30. The van der Waals surface area contributed by atoms with Gasteiger partial charge in [0.2, 0.25) is 5.15 Å².